The normalized spacial score (nSPS) is 10.5. The SMILES string of the molecule is CCCn1cccc1CNc1ccccc1F. The number of nitrogens with one attached hydrogen (secondary N) is 1. The van der Waals surface area contributed by atoms with Crippen LogP contribution in [0.5, 0.6) is 0 Å². The standard InChI is InChI=1S/C14H17FN2/c1-2-9-17-10-5-6-12(17)11-16-14-8-4-3-7-13(14)15/h3-8,10,16H,2,9,11H2,1H3. The molecule has 17 heavy (non-hydrogen) atoms. The fraction of sp³-hybridized carbons (Fsp3) is 0.286. The van der Waals surface area contributed by atoms with Crippen molar-refractivity contribution in [2.24, 2.45) is 0 Å². The second kappa shape index (κ2) is 5.53. The Balaban J connectivity index is 2.02. The van der Waals surface area contributed by atoms with Crippen LogP contribution in [0.4, 0.5) is 10.1 Å². The highest BCUT2D eigenvalue weighted by Crippen LogP contribution is 2.14. The van der Waals surface area contributed by atoms with Gasteiger partial charge in [0, 0.05) is 18.4 Å². The van der Waals surface area contributed by atoms with Gasteiger partial charge in [-0.2, -0.15) is 0 Å². The van der Waals surface area contributed by atoms with Gasteiger partial charge in [-0.05, 0) is 30.7 Å². The van der Waals surface area contributed by atoms with Gasteiger partial charge < -0.3 is 9.88 Å². The molecule has 1 N–H and O–H groups in total. The number of benzene rings is 1. The highest BCUT2D eigenvalue weighted by atomic mass is 19.1. The van der Waals surface area contributed by atoms with E-state index in [4.69, 9.17) is 0 Å². The summed E-state index contributed by atoms with van der Waals surface area (Å²) >= 11 is 0. The van der Waals surface area contributed by atoms with Crippen molar-refractivity contribution in [2.45, 2.75) is 26.4 Å². The lowest BCUT2D eigenvalue weighted by molar-refractivity contribution is 0.627. The molecule has 0 spiro atoms. The van der Waals surface area contributed by atoms with E-state index < -0.39 is 0 Å². The van der Waals surface area contributed by atoms with Crippen LogP contribution in [-0.4, -0.2) is 4.57 Å². The Kier molecular flexibility index (Phi) is 3.81. The second-order valence-corrected chi connectivity index (χ2v) is 4.03. The lowest BCUT2D eigenvalue weighted by Gasteiger charge is -2.10. The van der Waals surface area contributed by atoms with Gasteiger partial charge in [0.2, 0.25) is 0 Å². The summed E-state index contributed by atoms with van der Waals surface area (Å²) < 4.78 is 15.6. The molecule has 2 rings (SSSR count). The minimum absolute atomic E-state index is 0.207. The monoisotopic (exact) mass is 232 g/mol. The number of anilines is 1. The van der Waals surface area contributed by atoms with Gasteiger partial charge in [-0.25, -0.2) is 4.39 Å². The Bertz CT molecular complexity index is 477. The number of halogens is 1. The Morgan fingerprint density at radius 3 is 2.76 bits per heavy atom. The Hall–Kier alpha value is -1.77. The molecule has 0 bridgehead atoms. The molecule has 2 aromatic rings. The molecule has 0 aliphatic carbocycles. The average molecular weight is 232 g/mol. The lowest BCUT2D eigenvalue weighted by Crippen LogP contribution is -2.07. The molecule has 1 heterocycles. The van der Waals surface area contributed by atoms with Crippen molar-refractivity contribution in [2.75, 3.05) is 5.32 Å². The van der Waals surface area contributed by atoms with Crippen molar-refractivity contribution in [1.82, 2.24) is 4.57 Å². The summed E-state index contributed by atoms with van der Waals surface area (Å²) in [4.78, 5) is 0. The molecule has 3 heteroatoms. The van der Waals surface area contributed by atoms with Crippen LogP contribution in [0.25, 0.3) is 0 Å². The van der Waals surface area contributed by atoms with Crippen molar-refractivity contribution in [3.63, 3.8) is 0 Å². The Labute approximate surface area is 101 Å². The van der Waals surface area contributed by atoms with Crippen LogP contribution < -0.4 is 5.32 Å². The predicted octanol–water partition coefficient (Wildman–Crippen LogP) is 3.65. The lowest BCUT2D eigenvalue weighted by atomic mass is 10.3. The van der Waals surface area contributed by atoms with Crippen molar-refractivity contribution in [3.8, 4) is 0 Å². The summed E-state index contributed by atoms with van der Waals surface area (Å²) in [7, 11) is 0. The van der Waals surface area contributed by atoms with Crippen LogP contribution in [0.1, 0.15) is 19.0 Å². The van der Waals surface area contributed by atoms with Gasteiger partial charge in [0.15, 0.2) is 0 Å². The van der Waals surface area contributed by atoms with Crippen molar-refractivity contribution >= 4 is 5.69 Å². The molecule has 2 nitrogen and oxygen atoms in total. The number of aromatic nitrogens is 1. The maximum atomic E-state index is 13.4. The van der Waals surface area contributed by atoms with Gasteiger partial charge >= 0.3 is 0 Å². The molecule has 0 aliphatic heterocycles. The van der Waals surface area contributed by atoms with Gasteiger partial charge in [0.05, 0.1) is 12.2 Å². The molecular formula is C14H17FN2. The molecule has 0 amide bonds. The van der Waals surface area contributed by atoms with Crippen LogP contribution >= 0.6 is 0 Å². The van der Waals surface area contributed by atoms with Crippen LogP contribution in [0, 0.1) is 5.82 Å². The van der Waals surface area contributed by atoms with Gasteiger partial charge in [-0.3, -0.25) is 0 Å². The van der Waals surface area contributed by atoms with Gasteiger partial charge in [-0.15, -0.1) is 0 Å². The van der Waals surface area contributed by atoms with E-state index in [0.717, 1.165) is 13.0 Å². The van der Waals surface area contributed by atoms with Crippen LogP contribution in [-0.2, 0) is 13.1 Å². The minimum atomic E-state index is -0.207. The second-order valence-electron chi connectivity index (χ2n) is 4.03. The summed E-state index contributed by atoms with van der Waals surface area (Å²) in [5, 5.41) is 3.12. The Morgan fingerprint density at radius 1 is 1.18 bits per heavy atom. The van der Waals surface area contributed by atoms with E-state index in [1.54, 1.807) is 12.1 Å². The molecule has 0 fully saturated rings. The highest BCUT2D eigenvalue weighted by Gasteiger charge is 2.02. The molecule has 90 valence electrons. The summed E-state index contributed by atoms with van der Waals surface area (Å²) in [5.41, 5.74) is 1.73. The molecule has 0 saturated carbocycles. The zero-order chi connectivity index (χ0) is 12.1. The first-order chi connectivity index (χ1) is 8.31. The van der Waals surface area contributed by atoms with Crippen molar-refractivity contribution < 1.29 is 4.39 Å². The molecular weight excluding hydrogens is 215 g/mol. The van der Waals surface area contributed by atoms with E-state index in [-0.39, 0.29) is 5.82 Å². The van der Waals surface area contributed by atoms with E-state index >= 15 is 0 Å². The number of para-hydroxylation sites is 1. The van der Waals surface area contributed by atoms with Crippen LogP contribution in [0.15, 0.2) is 42.6 Å². The molecule has 0 atom stereocenters. The molecule has 1 aromatic heterocycles. The van der Waals surface area contributed by atoms with E-state index in [1.165, 1.54) is 11.8 Å². The van der Waals surface area contributed by atoms with E-state index in [1.807, 2.05) is 12.1 Å². The Morgan fingerprint density at radius 2 is 2.00 bits per heavy atom. The quantitative estimate of drug-likeness (QED) is 0.832. The zero-order valence-corrected chi connectivity index (χ0v) is 9.99. The number of nitrogens with zero attached hydrogens (tertiary/aromatic N) is 1. The first-order valence-corrected chi connectivity index (χ1v) is 5.93. The third-order valence-electron chi connectivity index (χ3n) is 2.72. The maximum Gasteiger partial charge on any atom is 0.146 e. The van der Waals surface area contributed by atoms with Crippen molar-refractivity contribution in [1.29, 1.82) is 0 Å². The molecule has 0 radical (unpaired) electrons. The summed E-state index contributed by atoms with van der Waals surface area (Å²) in [6.07, 6.45) is 3.16. The van der Waals surface area contributed by atoms with E-state index in [2.05, 4.69) is 29.1 Å². The fourth-order valence-corrected chi connectivity index (χ4v) is 1.86. The summed E-state index contributed by atoms with van der Waals surface area (Å²) in [5.74, 6) is -0.207. The van der Waals surface area contributed by atoms with Gasteiger partial charge in [0.25, 0.3) is 0 Å². The molecule has 1 aromatic carbocycles. The number of rotatable bonds is 5. The number of hydrogen-bond acceptors (Lipinski definition) is 1. The predicted molar refractivity (Wildman–Crippen MR) is 68.4 cm³/mol. The fourth-order valence-electron chi connectivity index (χ4n) is 1.86. The maximum absolute atomic E-state index is 13.4. The topological polar surface area (TPSA) is 17.0 Å². The summed E-state index contributed by atoms with van der Waals surface area (Å²) in [6.45, 7) is 3.79. The summed E-state index contributed by atoms with van der Waals surface area (Å²) in [6, 6.07) is 10.8. The average Bonchev–Trinajstić information content (AvgIpc) is 2.76. The minimum Gasteiger partial charge on any atom is -0.377 e. The highest BCUT2D eigenvalue weighted by molar-refractivity contribution is 5.44. The van der Waals surface area contributed by atoms with E-state index in [9.17, 15) is 4.39 Å². The van der Waals surface area contributed by atoms with Gasteiger partial charge in [0.1, 0.15) is 5.82 Å². The molecule has 0 unspecified atom stereocenters. The number of aryl methyl sites for hydroxylation is 1. The first-order valence-electron chi connectivity index (χ1n) is 5.93. The first kappa shape index (κ1) is 11.7. The third-order valence-corrected chi connectivity index (χ3v) is 2.72. The molecule has 0 aliphatic rings. The van der Waals surface area contributed by atoms with Gasteiger partial charge in [-0.1, -0.05) is 19.1 Å². The largest absolute Gasteiger partial charge is 0.377 e. The smallest absolute Gasteiger partial charge is 0.146 e. The van der Waals surface area contributed by atoms with Crippen LogP contribution in [0.2, 0.25) is 0 Å². The third kappa shape index (κ3) is 2.87. The van der Waals surface area contributed by atoms with Crippen molar-refractivity contribution in [3.05, 3.63) is 54.1 Å². The zero-order valence-electron chi connectivity index (χ0n) is 9.99. The van der Waals surface area contributed by atoms with Crippen LogP contribution in [0.3, 0.4) is 0 Å². The van der Waals surface area contributed by atoms with E-state index in [0.29, 0.717) is 12.2 Å². The number of hydrogen-bond donors (Lipinski definition) is 1. The molecule has 0 saturated heterocycles.